The summed E-state index contributed by atoms with van der Waals surface area (Å²) in [5.74, 6) is 0.656. The molecule has 2 heteroatoms. The molecule has 1 heterocycles. The van der Waals surface area contributed by atoms with Crippen LogP contribution in [-0.2, 0) is 19.6 Å². The minimum atomic E-state index is 0.604. The monoisotopic (exact) mass is 361 g/mol. The zero-order valence-corrected chi connectivity index (χ0v) is 17.2. The summed E-state index contributed by atoms with van der Waals surface area (Å²) in [7, 11) is 0. The Hall–Kier alpha value is -2.32. The summed E-state index contributed by atoms with van der Waals surface area (Å²) in [5, 5.41) is 0. The molecule has 0 amide bonds. The molecule has 0 fully saturated rings. The maximum absolute atomic E-state index is 2.41. The van der Waals surface area contributed by atoms with Crippen LogP contribution in [0.15, 0.2) is 72.9 Å². The molecule has 0 saturated heterocycles. The Balaban J connectivity index is 1.78. The molecule has 0 bridgehead atoms. The van der Waals surface area contributed by atoms with Crippen LogP contribution in [0.5, 0.6) is 0 Å². The van der Waals surface area contributed by atoms with Gasteiger partial charge in [0.15, 0.2) is 0 Å². The van der Waals surface area contributed by atoms with Gasteiger partial charge in [-0.1, -0.05) is 74.0 Å². The van der Waals surface area contributed by atoms with Crippen LogP contribution in [0.2, 0.25) is 0 Å². The lowest BCUT2D eigenvalue weighted by Crippen LogP contribution is -3.13. The molecule has 3 rings (SSSR count). The van der Waals surface area contributed by atoms with Crippen molar-refractivity contribution in [1.29, 1.82) is 0 Å². The number of benzene rings is 2. The number of hydrogen-bond acceptors (Lipinski definition) is 0. The van der Waals surface area contributed by atoms with Crippen molar-refractivity contribution in [2.45, 2.75) is 53.4 Å². The average Bonchev–Trinajstić information content (AvgIpc) is 3.08. The minimum absolute atomic E-state index is 0.604. The molecular formula is C25H33N2+. The van der Waals surface area contributed by atoms with E-state index in [1.165, 1.54) is 22.4 Å². The molecule has 0 spiro atoms. The van der Waals surface area contributed by atoms with E-state index in [4.69, 9.17) is 0 Å². The normalized spacial score (nSPS) is 13.7. The summed E-state index contributed by atoms with van der Waals surface area (Å²) in [6.45, 7) is 12.3. The summed E-state index contributed by atoms with van der Waals surface area (Å²) >= 11 is 0. The van der Waals surface area contributed by atoms with E-state index in [1.54, 1.807) is 4.90 Å². The Bertz CT molecular complexity index is 832. The van der Waals surface area contributed by atoms with Gasteiger partial charge in [0, 0.05) is 24.2 Å². The van der Waals surface area contributed by atoms with E-state index in [-0.39, 0.29) is 0 Å². The third kappa shape index (κ3) is 5.33. The van der Waals surface area contributed by atoms with Crippen LogP contribution in [0.1, 0.15) is 43.2 Å². The Morgan fingerprint density at radius 1 is 0.815 bits per heavy atom. The van der Waals surface area contributed by atoms with Gasteiger partial charge in [-0.2, -0.15) is 0 Å². The standard InChI is InChI=1S/C25H32N2/c1-20(2)22(4)27(17-23-11-6-5-7-12-23)19-25-14-9-15-26(25)18-24-13-8-10-21(3)16-24/h5-16,20,22H,17-19H2,1-4H3/p+1/t22-/m1/s1. The number of hydrogen-bond donors (Lipinski definition) is 1. The predicted octanol–water partition coefficient (Wildman–Crippen LogP) is 4.47. The highest BCUT2D eigenvalue weighted by Gasteiger charge is 2.22. The zero-order valence-electron chi connectivity index (χ0n) is 17.2. The van der Waals surface area contributed by atoms with Crippen molar-refractivity contribution in [3.63, 3.8) is 0 Å². The highest BCUT2D eigenvalue weighted by atomic mass is 15.2. The Labute approximate surface area is 164 Å². The number of nitrogens with one attached hydrogen (secondary N) is 1. The van der Waals surface area contributed by atoms with Gasteiger partial charge in [-0.3, -0.25) is 0 Å². The second-order valence-corrected chi connectivity index (χ2v) is 8.15. The van der Waals surface area contributed by atoms with Gasteiger partial charge < -0.3 is 9.47 Å². The van der Waals surface area contributed by atoms with Crippen molar-refractivity contribution in [1.82, 2.24) is 4.57 Å². The van der Waals surface area contributed by atoms with Gasteiger partial charge in [0.25, 0.3) is 0 Å². The van der Waals surface area contributed by atoms with Crippen molar-refractivity contribution in [3.05, 3.63) is 95.3 Å². The van der Waals surface area contributed by atoms with Crippen LogP contribution in [0.4, 0.5) is 0 Å². The molecule has 1 unspecified atom stereocenters. The number of rotatable bonds is 8. The molecule has 1 N–H and O–H groups in total. The third-order valence-corrected chi connectivity index (χ3v) is 5.69. The van der Waals surface area contributed by atoms with Crippen molar-refractivity contribution >= 4 is 0 Å². The molecule has 1 aromatic heterocycles. The quantitative estimate of drug-likeness (QED) is 0.606. The van der Waals surface area contributed by atoms with Crippen LogP contribution < -0.4 is 4.90 Å². The number of aromatic nitrogens is 1. The summed E-state index contributed by atoms with van der Waals surface area (Å²) in [4.78, 5) is 1.63. The zero-order chi connectivity index (χ0) is 19.2. The van der Waals surface area contributed by atoms with Crippen LogP contribution in [0, 0.1) is 12.8 Å². The van der Waals surface area contributed by atoms with Crippen LogP contribution in [0.25, 0.3) is 0 Å². The lowest BCUT2D eigenvalue weighted by molar-refractivity contribution is -0.954. The Morgan fingerprint density at radius 3 is 2.26 bits per heavy atom. The molecular weight excluding hydrogens is 328 g/mol. The highest BCUT2D eigenvalue weighted by molar-refractivity contribution is 5.23. The maximum Gasteiger partial charge on any atom is 0.118 e. The van der Waals surface area contributed by atoms with Gasteiger partial charge in [0.1, 0.15) is 13.1 Å². The van der Waals surface area contributed by atoms with E-state index in [9.17, 15) is 0 Å². The average molecular weight is 362 g/mol. The van der Waals surface area contributed by atoms with Crippen LogP contribution in [0.3, 0.4) is 0 Å². The first-order valence-electron chi connectivity index (χ1n) is 10.1. The lowest BCUT2D eigenvalue weighted by atomic mass is 10.0. The molecule has 0 aliphatic rings. The molecule has 2 nitrogen and oxygen atoms in total. The van der Waals surface area contributed by atoms with Crippen molar-refractivity contribution in [3.8, 4) is 0 Å². The predicted molar refractivity (Wildman–Crippen MR) is 114 cm³/mol. The van der Waals surface area contributed by atoms with Gasteiger partial charge >= 0.3 is 0 Å². The second kappa shape index (κ2) is 9.05. The molecule has 0 aliphatic carbocycles. The third-order valence-electron chi connectivity index (χ3n) is 5.69. The fourth-order valence-corrected chi connectivity index (χ4v) is 3.72. The SMILES string of the molecule is Cc1cccc(Cn2cccc2C[NH+](Cc2ccccc2)[C@H](C)C(C)C)c1. The fourth-order valence-electron chi connectivity index (χ4n) is 3.72. The summed E-state index contributed by atoms with van der Waals surface area (Å²) in [6.07, 6.45) is 2.22. The van der Waals surface area contributed by atoms with Crippen LogP contribution in [-0.4, -0.2) is 10.6 Å². The van der Waals surface area contributed by atoms with Gasteiger partial charge in [-0.25, -0.2) is 0 Å². The first kappa shape index (κ1) is 19.4. The van der Waals surface area contributed by atoms with Gasteiger partial charge in [0.05, 0.1) is 11.7 Å². The van der Waals surface area contributed by atoms with Crippen molar-refractivity contribution in [2.75, 3.05) is 0 Å². The van der Waals surface area contributed by atoms with Gasteiger partial charge in [-0.05, 0) is 31.5 Å². The van der Waals surface area contributed by atoms with E-state index in [2.05, 4.69) is 105 Å². The fraction of sp³-hybridized carbons (Fsp3) is 0.360. The number of quaternary nitrogens is 1. The molecule has 142 valence electrons. The minimum Gasteiger partial charge on any atom is -0.342 e. The molecule has 2 aromatic carbocycles. The first-order valence-corrected chi connectivity index (χ1v) is 10.1. The Kier molecular flexibility index (Phi) is 6.52. The summed E-state index contributed by atoms with van der Waals surface area (Å²) < 4.78 is 2.41. The second-order valence-electron chi connectivity index (χ2n) is 8.15. The molecule has 0 saturated carbocycles. The molecule has 0 radical (unpaired) electrons. The number of aryl methyl sites for hydroxylation is 1. The molecule has 3 aromatic rings. The van der Waals surface area contributed by atoms with Gasteiger partial charge in [0.2, 0.25) is 0 Å². The van der Waals surface area contributed by atoms with E-state index in [0.29, 0.717) is 12.0 Å². The molecule has 27 heavy (non-hydrogen) atoms. The summed E-state index contributed by atoms with van der Waals surface area (Å²) in [6, 6.07) is 24.8. The number of nitrogens with zero attached hydrogens (tertiary/aromatic N) is 1. The van der Waals surface area contributed by atoms with Crippen molar-refractivity contribution < 1.29 is 4.90 Å². The lowest BCUT2D eigenvalue weighted by Gasteiger charge is -2.29. The van der Waals surface area contributed by atoms with E-state index >= 15 is 0 Å². The van der Waals surface area contributed by atoms with E-state index < -0.39 is 0 Å². The van der Waals surface area contributed by atoms with Crippen LogP contribution >= 0.6 is 0 Å². The van der Waals surface area contributed by atoms with E-state index in [0.717, 1.165) is 19.6 Å². The smallest absolute Gasteiger partial charge is 0.118 e. The Morgan fingerprint density at radius 2 is 1.56 bits per heavy atom. The molecule has 2 atom stereocenters. The highest BCUT2D eigenvalue weighted by Crippen LogP contribution is 2.10. The van der Waals surface area contributed by atoms with Gasteiger partial charge in [-0.15, -0.1) is 0 Å². The van der Waals surface area contributed by atoms with Crippen molar-refractivity contribution in [2.24, 2.45) is 5.92 Å². The maximum atomic E-state index is 2.41. The van der Waals surface area contributed by atoms with E-state index in [1.807, 2.05) is 0 Å². The first-order chi connectivity index (χ1) is 13.0. The largest absolute Gasteiger partial charge is 0.342 e. The molecule has 0 aliphatic heterocycles. The topological polar surface area (TPSA) is 9.37 Å². The summed E-state index contributed by atoms with van der Waals surface area (Å²) in [5.41, 5.74) is 5.52.